The molecule has 0 amide bonds. The van der Waals surface area contributed by atoms with Crippen molar-refractivity contribution in [3.05, 3.63) is 33.9 Å². The maximum Gasteiger partial charge on any atom is 0.270 e. The first kappa shape index (κ1) is 16.4. The van der Waals surface area contributed by atoms with E-state index in [2.05, 4.69) is 5.32 Å². The largest absolute Gasteiger partial charge is 0.493 e. The number of hydrogen-bond donors (Lipinski definition) is 2. The summed E-state index contributed by atoms with van der Waals surface area (Å²) in [6.07, 6.45) is 0.0962. The van der Waals surface area contributed by atoms with Gasteiger partial charge in [-0.1, -0.05) is 13.8 Å². The van der Waals surface area contributed by atoms with Crippen LogP contribution in [0.2, 0.25) is 0 Å². The van der Waals surface area contributed by atoms with Crippen LogP contribution in [-0.2, 0) is 6.54 Å². The SMILES string of the molecule is CC(O)CCOc1ccc([N+](=O)[O-])cc1CNC(C)C. The number of ether oxygens (including phenoxy) is 1. The normalized spacial score (nSPS) is 12.4. The molecule has 6 nitrogen and oxygen atoms in total. The second-order valence-corrected chi connectivity index (χ2v) is 5.07. The van der Waals surface area contributed by atoms with Gasteiger partial charge in [-0.25, -0.2) is 0 Å². The van der Waals surface area contributed by atoms with Crippen molar-refractivity contribution in [1.82, 2.24) is 5.32 Å². The van der Waals surface area contributed by atoms with Crippen molar-refractivity contribution in [2.75, 3.05) is 6.61 Å². The lowest BCUT2D eigenvalue weighted by Gasteiger charge is -2.14. The van der Waals surface area contributed by atoms with Crippen LogP contribution >= 0.6 is 0 Å². The smallest absolute Gasteiger partial charge is 0.270 e. The Morgan fingerprint density at radius 2 is 2.10 bits per heavy atom. The number of nitro benzene ring substituents is 1. The summed E-state index contributed by atoms with van der Waals surface area (Å²) in [5.41, 5.74) is 0.798. The summed E-state index contributed by atoms with van der Waals surface area (Å²) in [6, 6.07) is 4.83. The minimum absolute atomic E-state index is 0.0495. The van der Waals surface area contributed by atoms with Crippen LogP contribution in [0.3, 0.4) is 0 Å². The third-order valence-corrected chi connectivity index (χ3v) is 2.75. The van der Waals surface area contributed by atoms with E-state index < -0.39 is 11.0 Å². The quantitative estimate of drug-likeness (QED) is 0.564. The van der Waals surface area contributed by atoms with Crippen molar-refractivity contribution in [2.45, 2.75) is 45.9 Å². The van der Waals surface area contributed by atoms with Gasteiger partial charge in [-0.2, -0.15) is 0 Å². The zero-order chi connectivity index (χ0) is 15.1. The Morgan fingerprint density at radius 3 is 2.65 bits per heavy atom. The zero-order valence-corrected chi connectivity index (χ0v) is 12.1. The van der Waals surface area contributed by atoms with Crippen LogP contribution in [0.15, 0.2) is 18.2 Å². The van der Waals surface area contributed by atoms with Gasteiger partial charge in [0.25, 0.3) is 5.69 Å². The van der Waals surface area contributed by atoms with Crippen LogP contribution in [-0.4, -0.2) is 28.8 Å². The van der Waals surface area contributed by atoms with Gasteiger partial charge in [0.05, 0.1) is 17.6 Å². The van der Waals surface area contributed by atoms with Gasteiger partial charge in [-0.05, 0) is 13.0 Å². The molecule has 1 unspecified atom stereocenters. The Labute approximate surface area is 118 Å². The number of rotatable bonds is 8. The number of nitrogens with one attached hydrogen (secondary N) is 1. The van der Waals surface area contributed by atoms with Crippen LogP contribution in [0.25, 0.3) is 0 Å². The third-order valence-electron chi connectivity index (χ3n) is 2.75. The monoisotopic (exact) mass is 282 g/mol. The molecule has 1 aromatic carbocycles. The highest BCUT2D eigenvalue weighted by molar-refractivity contribution is 5.43. The first-order valence-corrected chi connectivity index (χ1v) is 6.71. The van der Waals surface area contributed by atoms with Crippen molar-refractivity contribution in [3.8, 4) is 5.75 Å². The van der Waals surface area contributed by atoms with Crippen molar-refractivity contribution >= 4 is 5.69 Å². The molecule has 0 aromatic heterocycles. The van der Waals surface area contributed by atoms with Gasteiger partial charge in [0, 0.05) is 36.7 Å². The lowest BCUT2D eigenvalue weighted by atomic mass is 10.1. The van der Waals surface area contributed by atoms with E-state index in [1.165, 1.54) is 12.1 Å². The summed E-state index contributed by atoms with van der Waals surface area (Å²) in [7, 11) is 0. The van der Waals surface area contributed by atoms with E-state index in [1.54, 1.807) is 13.0 Å². The molecule has 0 aliphatic carbocycles. The summed E-state index contributed by atoms with van der Waals surface area (Å²) in [5.74, 6) is 0.615. The Kier molecular flexibility index (Phi) is 6.41. The fraction of sp³-hybridized carbons (Fsp3) is 0.571. The summed E-state index contributed by atoms with van der Waals surface area (Å²) in [4.78, 5) is 10.4. The van der Waals surface area contributed by atoms with Gasteiger partial charge >= 0.3 is 0 Å². The predicted molar refractivity (Wildman–Crippen MR) is 76.9 cm³/mol. The number of aliphatic hydroxyl groups is 1. The molecule has 1 aromatic rings. The van der Waals surface area contributed by atoms with Crippen LogP contribution in [0, 0.1) is 10.1 Å². The van der Waals surface area contributed by atoms with E-state index in [4.69, 9.17) is 4.74 Å². The number of benzene rings is 1. The van der Waals surface area contributed by atoms with E-state index >= 15 is 0 Å². The molecule has 0 saturated heterocycles. The average molecular weight is 282 g/mol. The van der Waals surface area contributed by atoms with Crippen LogP contribution < -0.4 is 10.1 Å². The van der Waals surface area contributed by atoms with Crippen molar-refractivity contribution < 1.29 is 14.8 Å². The predicted octanol–water partition coefficient (Wildman–Crippen LogP) is 2.24. The Morgan fingerprint density at radius 1 is 1.40 bits per heavy atom. The van der Waals surface area contributed by atoms with Crippen molar-refractivity contribution in [2.24, 2.45) is 0 Å². The molecule has 0 heterocycles. The van der Waals surface area contributed by atoms with Crippen LogP contribution in [0.5, 0.6) is 5.75 Å². The topological polar surface area (TPSA) is 84.6 Å². The van der Waals surface area contributed by atoms with Gasteiger partial charge in [-0.15, -0.1) is 0 Å². The first-order chi connectivity index (χ1) is 9.40. The molecule has 0 aliphatic heterocycles. The Bertz CT molecular complexity index is 447. The highest BCUT2D eigenvalue weighted by atomic mass is 16.6. The average Bonchev–Trinajstić information content (AvgIpc) is 2.36. The lowest BCUT2D eigenvalue weighted by molar-refractivity contribution is -0.384. The van der Waals surface area contributed by atoms with Crippen molar-refractivity contribution in [3.63, 3.8) is 0 Å². The molecule has 112 valence electrons. The second-order valence-electron chi connectivity index (χ2n) is 5.07. The number of nitro groups is 1. The van der Waals surface area contributed by atoms with Gasteiger partial charge < -0.3 is 15.2 Å². The minimum Gasteiger partial charge on any atom is -0.493 e. The Hall–Kier alpha value is -1.66. The van der Waals surface area contributed by atoms with Gasteiger partial charge in [0.1, 0.15) is 5.75 Å². The van der Waals surface area contributed by atoms with E-state index in [0.29, 0.717) is 25.3 Å². The number of aliphatic hydroxyl groups excluding tert-OH is 1. The number of nitrogens with zero attached hydrogens (tertiary/aromatic N) is 1. The van der Waals surface area contributed by atoms with Gasteiger partial charge in [-0.3, -0.25) is 10.1 Å². The Balaban J connectivity index is 2.81. The summed E-state index contributed by atoms with van der Waals surface area (Å²) < 4.78 is 5.59. The molecule has 20 heavy (non-hydrogen) atoms. The molecule has 0 saturated carbocycles. The second kappa shape index (κ2) is 7.81. The maximum atomic E-state index is 10.8. The van der Waals surface area contributed by atoms with E-state index in [0.717, 1.165) is 5.56 Å². The van der Waals surface area contributed by atoms with E-state index in [1.807, 2.05) is 13.8 Å². The minimum atomic E-state index is -0.426. The number of hydrogen-bond acceptors (Lipinski definition) is 5. The molecule has 0 spiro atoms. The molecular formula is C14H22N2O4. The summed E-state index contributed by atoms with van der Waals surface area (Å²) >= 11 is 0. The summed E-state index contributed by atoms with van der Waals surface area (Å²) in [5, 5.41) is 23.2. The molecule has 1 atom stereocenters. The number of non-ortho nitro benzene ring substituents is 1. The fourth-order valence-electron chi connectivity index (χ4n) is 1.61. The molecular weight excluding hydrogens is 260 g/mol. The highest BCUT2D eigenvalue weighted by Crippen LogP contribution is 2.24. The van der Waals surface area contributed by atoms with Crippen LogP contribution in [0.4, 0.5) is 5.69 Å². The standard InChI is InChI=1S/C14H22N2O4/c1-10(2)15-9-12-8-13(16(18)19)4-5-14(12)20-7-6-11(3)17/h4-5,8,10-11,15,17H,6-7,9H2,1-3H3. The molecule has 1 rings (SSSR count). The molecule has 2 N–H and O–H groups in total. The fourth-order valence-corrected chi connectivity index (χ4v) is 1.61. The molecule has 0 aliphatic rings. The zero-order valence-electron chi connectivity index (χ0n) is 12.1. The molecule has 6 heteroatoms. The molecule has 0 fully saturated rings. The summed E-state index contributed by atoms with van der Waals surface area (Å²) in [6.45, 7) is 6.59. The van der Waals surface area contributed by atoms with Crippen LogP contribution in [0.1, 0.15) is 32.8 Å². The maximum absolute atomic E-state index is 10.8. The van der Waals surface area contributed by atoms with Gasteiger partial charge in [0.15, 0.2) is 0 Å². The van der Waals surface area contributed by atoms with E-state index in [9.17, 15) is 15.2 Å². The third kappa shape index (κ3) is 5.54. The van der Waals surface area contributed by atoms with Gasteiger partial charge in [0.2, 0.25) is 0 Å². The highest BCUT2D eigenvalue weighted by Gasteiger charge is 2.12. The van der Waals surface area contributed by atoms with E-state index in [-0.39, 0.29) is 11.7 Å². The molecule has 0 radical (unpaired) electrons. The van der Waals surface area contributed by atoms with Crippen molar-refractivity contribution in [1.29, 1.82) is 0 Å². The first-order valence-electron chi connectivity index (χ1n) is 6.71. The molecule has 0 bridgehead atoms. The lowest BCUT2D eigenvalue weighted by Crippen LogP contribution is -2.22.